The third-order valence-electron chi connectivity index (χ3n) is 1.75. The standard InChI is InChI=1S/C9H7BrF2N2/c1-5-7(10)4-6(9(11)12)8(14-5)2-3-13/h4,9H,2H2,1H3. The molecule has 0 bridgehead atoms. The summed E-state index contributed by atoms with van der Waals surface area (Å²) in [6.45, 7) is 1.69. The predicted octanol–water partition coefficient (Wildman–Crippen LogP) is 3.16. The normalized spacial score (nSPS) is 10.3. The molecule has 0 saturated heterocycles. The second kappa shape index (κ2) is 4.47. The topological polar surface area (TPSA) is 36.7 Å². The van der Waals surface area contributed by atoms with Crippen LogP contribution in [0.4, 0.5) is 8.78 Å². The lowest BCUT2D eigenvalue weighted by atomic mass is 10.1. The van der Waals surface area contributed by atoms with Gasteiger partial charge in [-0.05, 0) is 28.9 Å². The minimum Gasteiger partial charge on any atom is -0.255 e. The maximum atomic E-state index is 12.5. The summed E-state index contributed by atoms with van der Waals surface area (Å²) >= 11 is 3.12. The highest BCUT2D eigenvalue weighted by atomic mass is 79.9. The van der Waals surface area contributed by atoms with Crippen LogP contribution in [0.3, 0.4) is 0 Å². The van der Waals surface area contributed by atoms with Crippen molar-refractivity contribution in [3.63, 3.8) is 0 Å². The van der Waals surface area contributed by atoms with E-state index in [2.05, 4.69) is 20.9 Å². The molecule has 0 aliphatic rings. The molecule has 1 rings (SSSR count). The zero-order valence-corrected chi connectivity index (χ0v) is 8.98. The minimum absolute atomic E-state index is 0.0895. The van der Waals surface area contributed by atoms with E-state index in [1.165, 1.54) is 6.07 Å². The molecule has 2 nitrogen and oxygen atoms in total. The van der Waals surface area contributed by atoms with Crippen molar-refractivity contribution in [1.82, 2.24) is 4.98 Å². The number of hydrogen-bond donors (Lipinski definition) is 0. The van der Waals surface area contributed by atoms with Crippen molar-refractivity contribution >= 4 is 15.9 Å². The van der Waals surface area contributed by atoms with Crippen LogP contribution in [0.1, 0.15) is 23.4 Å². The molecule has 0 aliphatic heterocycles. The van der Waals surface area contributed by atoms with Crippen LogP contribution in [0, 0.1) is 18.3 Å². The van der Waals surface area contributed by atoms with Crippen LogP contribution in [-0.2, 0) is 6.42 Å². The molecule has 0 atom stereocenters. The summed E-state index contributed by atoms with van der Waals surface area (Å²) in [5.41, 5.74) is 0.590. The van der Waals surface area contributed by atoms with Crippen LogP contribution in [-0.4, -0.2) is 4.98 Å². The summed E-state index contributed by atoms with van der Waals surface area (Å²) in [5, 5.41) is 8.44. The van der Waals surface area contributed by atoms with Crippen molar-refractivity contribution in [2.75, 3.05) is 0 Å². The zero-order chi connectivity index (χ0) is 10.7. The van der Waals surface area contributed by atoms with Gasteiger partial charge >= 0.3 is 0 Å². The van der Waals surface area contributed by atoms with Gasteiger partial charge in [-0.3, -0.25) is 4.98 Å². The first kappa shape index (κ1) is 11.1. The lowest BCUT2D eigenvalue weighted by Gasteiger charge is -2.07. The number of alkyl halides is 2. The molecule has 0 spiro atoms. The largest absolute Gasteiger partial charge is 0.265 e. The fourth-order valence-corrected chi connectivity index (χ4v) is 1.39. The van der Waals surface area contributed by atoms with Crippen molar-refractivity contribution in [3.8, 4) is 6.07 Å². The Bertz CT molecular complexity index is 385. The molecule has 0 radical (unpaired) electrons. The van der Waals surface area contributed by atoms with E-state index < -0.39 is 6.43 Å². The van der Waals surface area contributed by atoms with Crippen molar-refractivity contribution in [2.24, 2.45) is 0 Å². The summed E-state index contributed by atoms with van der Waals surface area (Å²) in [6, 6.07) is 3.13. The molecule has 1 heterocycles. The summed E-state index contributed by atoms with van der Waals surface area (Å²) in [6.07, 6.45) is -2.68. The Morgan fingerprint density at radius 1 is 1.64 bits per heavy atom. The highest BCUT2D eigenvalue weighted by Gasteiger charge is 2.15. The molecule has 1 aromatic rings. The first-order chi connectivity index (χ1) is 6.56. The predicted molar refractivity (Wildman–Crippen MR) is 50.9 cm³/mol. The van der Waals surface area contributed by atoms with Crippen LogP contribution >= 0.6 is 15.9 Å². The first-order valence-corrected chi connectivity index (χ1v) is 4.66. The van der Waals surface area contributed by atoms with Gasteiger partial charge < -0.3 is 0 Å². The molecular formula is C9H7BrF2N2. The molecule has 0 unspecified atom stereocenters. The molecule has 0 aromatic carbocycles. The Kier molecular flexibility index (Phi) is 3.53. The van der Waals surface area contributed by atoms with Gasteiger partial charge in [-0.1, -0.05) is 0 Å². The number of nitriles is 1. The van der Waals surface area contributed by atoms with E-state index in [0.717, 1.165) is 0 Å². The number of nitrogens with zero attached hydrogens (tertiary/aromatic N) is 2. The molecule has 5 heteroatoms. The van der Waals surface area contributed by atoms with Gasteiger partial charge in [0.25, 0.3) is 6.43 Å². The molecule has 0 N–H and O–H groups in total. The van der Waals surface area contributed by atoms with E-state index in [1.807, 2.05) is 6.07 Å². The molecule has 0 saturated carbocycles. The number of rotatable bonds is 2. The van der Waals surface area contributed by atoms with Gasteiger partial charge in [0.1, 0.15) is 0 Å². The molecule has 74 valence electrons. The fourth-order valence-electron chi connectivity index (χ4n) is 1.05. The van der Waals surface area contributed by atoms with Crippen LogP contribution < -0.4 is 0 Å². The van der Waals surface area contributed by atoms with Crippen molar-refractivity contribution < 1.29 is 8.78 Å². The van der Waals surface area contributed by atoms with Crippen LogP contribution in [0.2, 0.25) is 0 Å². The molecular weight excluding hydrogens is 254 g/mol. The Balaban J connectivity index is 3.25. The van der Waals surface area contributed by atoms with Gasteiger partial charge in [0.15, 0.2) is 0 Å². The Hall–Kier alpha value is -1.02. The van der Waals surface area contributed by atoms with E-state index in [-0.39, 0.29) is 17.7 Å². The third-order valence-corrected chi connectivity index (χ3v) is 2.55. The molecule has 0 aliphatic carbocycles. The Labute approximate surface area is 88.7 Å². The maximum absolute atomic E-state index is 12.5. The highest BCUT2D eigenvalue weighted by molar-refractivity contribution is 9.10. The summed E-state index contributed by atoms with van der Waals surface area (Å²) in [7, 11) is 0. The molecule has 14 heavy (non-hydrogen) atoms. The second-order valence-corrected chi connectivity index (χ2v) is 3.58. The lowest BCUT2D eigenvalue weighted by Crippen LogP contribution is -2.00. The van der Waals surface area contributed by atoms with Crippen molar-refractivity contribution in [1.29, 1.82) is 5.26 Å². The number of halogens is 3. The Morgan fingerprint density at radius 2 is 2.29 bits per heavy atom. The average Bonchev–Trinajstić information content (AvgIpc) is 2.11. The lowest BCUT2D eigenvalue weighted by molar-refractivity contribution is 0.149. The van der Waals surface area contributed by atoms with Gasteiger partial charge in [0.2, 0.25) is 0 Å². The van der Waals surface area contributed by atoms with E-state index >= 15 is 0 Å². The molecule has 0 amide bonds. The van der Waals surface area contributed by atoms with E-state index in [9.17, 15) is 8.78 Å². The van der Waals surface area contributed by atoms with Gasteiger partial charge in [0.05, 0.1) is 23.9 Å². The fraction of sp³-hybridized carbons (Fsp3) is 0.333. The van der Waals surface area contributed by atoms with Gasteiger partial charge in [-0.15, -0.1) is 0 Å². The van der Waals surface area contributed by atoms with E-state index in [0.29, 0.717) is 10.2 Å². The quantitative estimate of drug-likeness (QED) is 0.819. The maximum Gasteiger partial charge on any atom is 0.265 e. The van der Waals surface area contributed by atoms with Crippen LogP contribution in [0.25, 0.3) is 0 Å². The smallest absolute Gasteiger partial charge is 0.255 e. The average molecular weight is 261 g/mol. The minimum atomic E-state index is -2.59. The van der Waals surface area contributed by atoms with E-state index in [1.54, 1.807) is 6.92 Å². The number of aromatic nitrogens is 1. The number of aryl methyl sites for hydroxylation is 1. The zero-order valence-electron chi connectivity index (χ0n) is 7.39. The SMILES string of the molecule is Cc1nc(CC#N)c(C(F)F)cc1Br. The monoisotopic (exact) mass is 260 g/mol. The third kappa shape index (κ3) is 2.26. The van der Waals surface area contributed by atoms with Crippen LogP contribution in [0.15, 0.2) is 10.5 Å². The number of pyridine rings is 1. The van der Waals surface area contributed by atoms with Gasteiger partial charge in [-0.2, -0.15) is 5.26 Å². The summed E-state index contributed by atoms with van der Waals surface area (Å²) in [5.74, 6) is 0. The number of hydrogen-bond acceptors (Lipinski definition) is 2. The summed E-state index contributed by atoms with van der Waals surface area (Å²) in [4.78, 5) is 3.93. The molecule has 1 aromatic heterocycles. The Morgan fingerprint density at radius 3 is 2.79 bits per heavy atom. The summed E-state index contributed by atoms with van der Waals surface area (Å²) < 4.78 is 25.5. The molecule has 0 fully saturated rings. The second-order valence-electron chi connectivity index (χ2n) is 2.73. The van der Waals surface area contributed by atoms with Crippen molar-refractivity contribution in [2.45, 2.75) is 19.8 Å². The van der Waals surface area contributed by atoms with Crippen molar-refractivity contribution in [3.05, 3.63) is 27.5 Å². The first-order valence-electron chi connectivity index (χ1n) is 3.87. The van der Waals surface area contributed by atoms with E-state index in [4.69, 9.17) is 5.26 Å². The van der Waals surface area contributed by atoms with Crippen LogP contribution in [0.5, 0.6) is 0 Å². The van der Waals surface area contributed by atoms with Gasteiger partial charge in [0, 0.05) is 10.0 Å². The van der Waals surface area contributed by atoms with Gasteiger partial charge in [-0.25, -0.2) is 8.78 Å². The highest BCUT2D eigenvalue weighted by Crippen LogP contribution is 2.26.